The van der Waals surface area contributed by atoms with Gasteiger partial charge in [-0.25, -0.2) is 0 Å². The summed E-state index contributed by atoms with van der Waals surface area (Å²) in [7, 11) is 0. The van der Waals surface area contributed by atoms with E-state index >= 15 is 0 Å². The number of halogens is 1. The minimum atomic E-state index is 0.571. The molecule has 2 unspecified atom stereocenters. The highest BCUT2D eigenvalue weighted by Crippen LogP contribution is 2.45. The smallest absolute Gasteiger partial charge is 0.0256 e. The van der Waals surface area contributed by atoms with Crippen LogP contribution in [0.2, 0.25) is 0 Å². The van der Waals surface area contributed by atoms with Gasteiger partial charge in [-0.15, -0.1) is 11.6 Å². The van der Waals surface area contributed by atoms with Gasteiger partial charge in [0.25, 0.3) is 0 Å². The largest absolute Gasteiger partial charge is 0.126 e. The first-order chi connectivity index (χ1) is 4.73. The van der Waals surface area contributed by atoms with Gasteiger partial charge in [-0.2, -0.15) is 0 Å². The quantitative estimate of drug-likeness (QED) is 0.543. The lowest BCUT2D eigenvalue weighted by Crippen LogP contribution is -2.21. The highest BCUT2D eigenvalue weighted by molar-refractivity contribution is 6.18. The fourth-order valence-corrected chi connectivity index (χ4v) is 2.56. The summed E-state index contributed by atoms with van der Waals surface area (Å²) >= 11 is 5.87. The molecular formula is C9H17Cl. The summed E-state index contributed by atoms with van der Waals surface area (Å²) in [6, 6.07) is 0. The Balaban J connectivity index is 2.56. The minimum Gasteiger partial charge on any atom is -0.126 e. The van der Waals surface area contributed by atoms with Crippen LogP contribution in [0.5, 0.6) is 0 Å². The fourth-order valence-electron chi connectivity index (χ4n) is 2.03. The zero-order valence-electron chi connectivity index (χ0n) is 6.99. The molecule has 0 nitrogen and oxygen atoms in total. The summed E-state index contributed by atoms with van der Waals surface area (Å²) in [4.78, 5) is 0. The topological polar surface area (TPSA) is 0 Å². The van der Waals surface area contributed by atoms with Gasteiger partial charge in [0.15, 0.2) is 0 Å². The number of hydrogen-bond acceptors (Lipinski definition) is 0. The van der Waals surface area contributed by atoms with Crippen molar-refractivity contribution in [2.75, 3.05) is 5.88 Å². The van der Waals surface area contributed by atoms with Crippen molar-refractivity contribution in [2.45, 2.75) is 39.5 Å². The van der Waals surface area contributed by atoms with Crippen LogP contribution in [-0.4, -0.2) is 5.88 Å². The minimum absolute atomic E-state index is 0.571. The van der Waals surface area contributed by atoms with Gasteiger partial charge in [-0.05, 0) is 24.2 Å². The van der Waals surface area contributed by atoms with Gasteiger partial charge in [0.2, 0.25) is 0 Å². The second kappa shape index (κ2) is 3.13. The van der Waals surface area contributed by atoms with Crippen LogP contribution in [0.15, 0.2) is 0 Å². The molecule has 1 aliphatic carbocycles. The number of hydrogen-bond donors (Lipinski definition) is 0. The third kappa shape index (κ3) is 1.32. The van der Waals surface area contributed by atoms with E-state index in [1.54, 1.807) is 0 Å². The maximum Gasteiger partial charge on any atom is 0.0256 e. The van der Waals surface area contributed by atoms with E-state index in [-0.39, 0.29) is 0 Å². The van der Waals surface area contributed by atoms with Crippen LogP contribution in [-0.2, 0) is 0 Å². The van der Waals surface area contributed by atoms with Gasteiger partial charge in [0, 0.05) is 5.88 Å². The second-order valence-corrected chi connectivity index (χ2v) is 4.06. The average Bonchev–Trinajstić information content (AvgIpc) is 2.32. The summed E-state index contributed by atoms with van der Waals surface area (Å²) in [5.74, 6) is 1.66. The van der Waals surface area contributed by atoms with Crippen molar-refractivity contribution in [1.82, 2.24) is 0 Å². The molecule has 0 N–H and O–H groups in total. The number of rotatable bonds is 2. The van der Waals surface area contributed by atoms with Crippen molar-refractivity contribution in [3.63, 3.8) is 0 Å². The van der Waals surface area contributed by atoms with Crippen LogP contribution in [0, 0.1) is 11.3 Å². The molecule has 0 bridgehead atoms. The summed E-state index contributed by atoms with van der Waals surface area (Å²) in [5.41, 5.74) is 0.571. The van der Waals surface area contributed by atoms with E-state index in [0.717, 1.165) is 11.8 Å². The molecule has 0 amide bonds. The zero-order valence-corrected chi connectivity index (χ0v) is 7.75. The molecule has 1 heteroatoms. The van der Waals surface area contributed by atoms with Gasteiger partial charge in [-0.3, -0.25) is 0 Å². The molecule has 1 fully saturated rings. The van der Waals surface area contributed by atoms with E-state index in [1.807, 2.05) is 0 Å². The van der Waals surface area contributed by atoms with Crippen LogP contribution >= 0.6 is 11.6 Å². The summed E-state index contributed by atoms with van der Waals surface area (Å²) in [5, 5.41) is 0. The first-order valence-corrected chi connectivity index (χ1v) is 4.82. The lowest BCUT2D eigenvalue weighted by atomic mass is 9.78. The van der Waals surface area contributed by atoms with Crippen LogP contribution in [0.25, 0.3) is 0 Å². The predicted molar refractivity (Wildman–Crippen MR) is 46.5 cm³/mol. The fraction of sp³-hybridized carbons (Fsp3) is 1.00. The molecule has 0 heterocycles. The van der Waals surface area contributed by atoms with Crippen molar-refractivity contribution in [3.05, 3.63) is 0 Å². The van der Waals surface area contributed by atoms with E-state index in [0.29, 0.717) is 5.41 Å². The molecule has 1 rings (SSSR count). The van der Waals surface area contributed by atoms with Crippen LogP contribution in [0.3, 0.4) is 0 Å². The Bertz CT molecular complexity index is 111. The van der Waals surface area contributed by atoms with Crippen molar-refractivity contribution in [3.8, 4) is 0 Å². The van der Waals surface area contributed by atoms with Crippen molar-refractivity contribution >= 4 is 11.6 Å². The normalized spacial score (nSPS) is 40.5. The van der Waals surface area contributed by atoms with E-state index in [9.17, 15) is 0 Å². The van der Waals surface area contributed by atoms with Crippen molar-refractivity contribution in [2.24, 2.45) is 11.3 Å². The van der Waals surface area contributed by atoms with E-state index in [2.05, 4.69) is 13.8 Å². The van der Waals surface area contributed by atoms with Crippen molar-refractivity contribution < 1.29 is 0 Å². The molecule has 0 aliphatic heterocycles. The molecule has 0 radical (unpaired) electrons. The van der Waals surface area contributed by atoms with E-state index < -0.39 is 0 Å². The standard InChI is InChI=1S/C9H17Cl/c1-3-9(2)6-4-5-8(9)7-10/h8H,3-7H2,1-2H3. The summed E-state index contributed by atoms with van der Waals surface area (Å²) < 4.78 is 0. The number of alkyl halides is 1. The first kappa shape index (κ1) is 8.39. The Hall–Kier alpha value is 0.290. The third-order valence-electron chi connectivity index (χ3n) is 3.28. The monoisotopic (exact) mass is 160 g/mol. The second-order valence-electron chi connectivity index (χ2n) is 3.75. The van der Waals surface area contributed by atoms with Crippen LogP contribution in [0.4, 0.5) is 0 Å². The summed E-state index contributed by atoms with van der Waals surface area (Å²) in [6.07, 6.45) is 5.43. The average molecular weight is 161 g/mol. The molecule has 1 aliphatic rings. The SMILES string of the molecule is CCC1(C)CCCC1CCl. The third-order valence-corrected chi connectivity index (χ3v) is 3.65. The van der Waals surface area contributed by atoms with Gasteiger partial charge in [-0.1, -0.05) is 26.7 Å². The Labute approximate surface area is 69.0 Å². The van der Waals surface area contributed by atoms with Crippen LogP contribution in [0.1, 0.15) is 39.5 Å². The molecule has 10 heavy (non-hydrogen) atoms. The lowest BCUT2D eigenvalue weighted by molar-refractivity contribution is 0.239. The van der Waals surface area contributed by atoms with Crippen molar-refractivity contribution in [1.29, 1.82) is 0 Å². The van der Waals surface area contributed by atoms with E-state index in [1.165, 1.54) is 25.7 Å². The Morgan fingerprint density at radius 3 is 2.70 bits per heavy atom. The molecule has 0 aromatic rings. The Morgan fingerprint density at radius 1 is 1.60 bits per heavy atom. The molecule has 0 saturated heterocycles. The van der Waals surface area contributed by atoms with E-state index in [4.69, 9.17) is 11.6 Å². The first-order valence-electron chi connectivity index (χ1n) is 4.29. The molecular weight excluding hydrogens is 144 g/mol. The summed E-state index contributed by atoms with van der Waals surface area (Å²) in [6.45, 7) is 4.66. The van der Waals surface area contributed by atoms with Gasteiger partial charge < -0.3 is 0 Å². The highest BCUT2D eigenvalue weighted by atomic mass is 35.5. The molecule has 60 valence electrons. The highest BCUT2D eigenvalue weighted by Gasteiger charge is 2.35. The Morgan fingerprint density at radius 2 is 2.30 bits per heavy atom. The van der Waals surface area contributed by atoms with Crippen LogP contribution < -0.4 is 0 Å². The lowest BCUT2D eigenvalue weighted by Gasteiger charge is -2.28. The Kier molecular flexibility index (Phi) is 2.62. The predicted octanol–water partition coefficient (Wildman–Crippen LogP) is 3.44. The van der Waals surface area contributed by atoms with Gasteiger partial charge >= 0.3 is 0 Å². The van der Waals surface area contributed by atoms with Gasteiger partial charge in [0.05, 0.1) is 0 Å². The molecule has 1 saturated carbocycles. The molecule has 0 aromatic heterocycles. The van der Waals surface area contributed by atoms with Gasteiger partial charge in [0.1, 0.15) is 0 Å². The maximum atomic E-state index is 5.87. The maximum absolute atomic E-state index is 5.87. The molecule has 2 atom stereocenters. The zero-order chi connectivity index (χ0) is 7.61. The molecule has 0 spiro atoms. The molecule has 0 aromatic carbocycles.